The van der Waals surface area contributed by atoms with Gasteiger partial charge < -0.3 is 9.88 Å². The van der Waals surface area contributed by atoms with Crippen molar-refractivity contribution in [1.29, 1.82) is 0 Å². The monoisotopic (exact) mass is 236 g/mol. The molecule has 0 fully saturated rings. The van der Waals surface area contributed by atoms with E-state index in [4.69, 9.17) is 11.6 Å². The van der Waals surface area contributed by atoms with E-state index >= 15 is 0 Å². The predicted molar refractivity (Wildman–Crippen MR) is 64.5 cm³/mol. The van der Waals surface area contributed by atoms with Gasteiger partial charge in [-0.15, -0.1) is 10.2 Å². The van der Waals surface area contributed by atoms with Crippen LogP contribution in [0.4, 0.5) is 5.95 Å². The van der Waals surface area contributed by atoms with E-state index in [2.05, 4.69) is 15.5 Å². The normalized spacial score (nSPS) is 10.4. The van der Waals surface area contributed by atoms with E-state index in [9.17, 15) is 0 Å². The first-order valence-electron chi connectivity index (χ1n) is 4.99. The average molecular weight is 237 g/mol. The Morgan fingerprint density at radius 3 is 2.88 bits per heavy atom. The Balaban J connectivity index is 2.08. The van der Waals surface area contributed by atoms with Crippen LogP contribution in [0.5, 0.6) is 0 Å². The van der Waals surface area contributed by atoms with Crippen molar-refractivity contribution in [3.63, 3.8) is 0 Å². The minimum atomic E-state index is 0.718. The van der Waals surface area contributed by atoms with Gasteiger partial charge in [-0.05, 0) is 30.2 Å². The zero-order chi connectivity index (χ0) is 11.5. The first-order chi connectivity index (χ1) is 7.66. The SMILES string of the molecule is Cc1cc(Cl)ccc1CNc1nncn1C. The van der Waals surface area contributed by atoms with Gasteiger partial charge in [-0.3, -0.25) is 0 Å². The Morgan fingerprint density at radius 1 is 1.44 bits per heavy atom. The fraction of sp³-hybridized carbons (Fsp3) is 0.273. The number of anilines is 1. The minimum absolute atomic E-state index is 0.718. The molecule has 0 bridgehead atoms. The average Bonchev–Trinajstić information content (AvgIpc) is 2.63. The molecule has 0 aliphatic rings. The first kappa shape index (κ1) is 11.0. The molecule has 2 rings (SSSR count). The lowest BCUT2D eigenvalue weighted by Crippen LogP contribution is -2.05. The molecule has 4 nitrogen and oxygen atoms in total. The van der Waals surface area contributed by atoms with Crippen molar-refractivity contribution in [2.45, 2.75) is 13.5 Å². The molecule has 0 amide bonds. The van der Waals surface area contributed by atoms with Gasteiger partial charge in [-0.1, -0.05) is 17.7 Å². The van der Waals surface area contributed by atoms with Gasteiger partial charge in [0.05, 0.1) is 0 Å². The van der Waals surface area contributed by atoms with Crippen LogP contribution in [-0.4, -0.2) is 14.8 Å². The smallest absolute Gasteiger partial charge is 0.224 e. The maximum Gasteiger partial charge on any atom is 0.224 e. The number of halogens is 1. The molecule has 0 aliphatic carbocycles. The lowest BCUT2D eigenvalue weighted by molar-refractivity contribution is 0.897. The van der Waals surface area contributed by atoms with Crippen LogP contribution < -0.4 is 5.32 Å². The molecule has 0 saturated carbocycles. The number of nitrogens with one attached hydrogen (secondary N) is 1. The molecule has 0 radical (unpaired) electrons. The van der Waals surface area contributed by atoms with E-state index in [1.807, 2.05) is 36.7 Å². The molecule has 0 aliphatic heterocycles. The van der Waals surface area contributed by atoms with E-state index in [0.29, 0.717) is 0 Å². The predicted octanol–water partition coefficient (Wildman–Crippen LogP) is 2.39. The van der Waals surface area contributed by atoms with Crippen molar-refractivity contribution >= 4 is 17.5 Å². The zero-order valence-electron chi connectivity index (χ0n) is 9.24. The highest BCUT2D eigenvalue weighted by Crippen LogP contribution is 2.16. The second-order valence-electron chi connectivity index (χ2n) is 3.69. The van der Waals surface area contributed by atoms with E-state index < -0.39 is 0 Å². The maximum atomic E-state index is 5.90. The molecule has 0 spiro atoms. The highest BCUT2D eigenvalue weighted by atomic mass is 35.5. The number of rotatable bonds is 3. The number of aromatic nitrogens is 3. The van der Waals surface area contributed by atoms with Gasteiger partial charge in [0, 0.05) is 18.6 Å². The number of aryl methyl sites for hydroxylation is 2. The third-order valence-electron chi connectivity index (χ3n) is 2.45. The molecular weight excluding hydrogens is 224 g/mol. The van der Waals surface area contributed by atoms with E-state index in [-0.39, 0.29) is 0 Å². The van der Waals surface area contributed by atoms with E-state index in [1.165, 1.54) is 11.1 Å². The number of hydrogen-bond acceptors (Lipinski definition) is 3. The van der Waals surface area contributed by atoms with Gasteiger partial charge in [0.25, 0.3) is 0 Å². The molecule has 0 atom stereocenters. The molecule has 5 heteroatoms. The summed E-state index contributed by atoms with van der Waals surface area (Å²) in [7, 11) is 1.90. The van der Waals surface area contributed by atoms with Gasteiger partial charge in [0.2, 0.25) is 5.95 Å². The van der Waals surface area contributed by atoms with Crippen molar-refractivity contribution < 1.29 is 0 Å². The summed E-state index contributed by atoms with van der Waals surface area (Å²) in [5.41, 5.74) is 2.37. The van der Waals surface area contributed by atoms with Crippen LogP contribution in [0.3, 0.4) is 0 Å². The van der Waals surface area contributed by atoms with Crippen LogP contribution in [0.2, 0.25) is 5.02 Å². The summed E-state index contributed by atoms with van der Waals surface area (Å²) in [6.07, 6.45) is 1.66. The number of benzene rings is 1. The number of hydrogen-bond donors (Lipinski definition) is 1. The minimum Gasteiger partial charge on any atom is -0.350 e. The van der Waals surface area contributed by atoms with E-state index in [0.717, 1.165) is 17.5 Å². The largest absolute Gasteiger partial charge is 0.350 e. The third kappa shape index (κ3) is 2.33. The Bertz CT molecular complexity index is 492. The summed E-state index contributed by atoms with van der Waals surface area (Å²) in [5, 5.41) is 11.7. The first-order valence-corrected chi connectivity index (χ1v) is 5.37. The van der Waals surface area contributed by atoms with E-state index in [1.54, 1.807) is 6.33 Å². The molecule has 1 N–H and O–H groups in total. The Morgan fingerprint density at radius 2 is 2.25 bits per heavy atom. The third-order valence-corrected chi connectivity index (χ3v) is 2.69. The molecule has 1 aromatic carbocycles. The van der Waals surface area contributed by atoms with Crippen molar-refractivity contribution in [2.24, 2.45) is 7.05 Å². The summed E-state index contributed by atoms with van der Waals surface area (Å²) in [5.74, 6) is 0.759. The molecule has 0 unspecified atom stereocenters. The van der Waals surface area contributed by atoms with Crippen LogP contribution in [0.25, 0.3) is 0 Å². The highest BCUT2D eigenvalue weighted by Gasteiger charge is 2.02. The van der Waals surface area contributed by atoms with Gasteiger partial charge in [-0.2, -0.15) is 0 Å². The van der Waals surface area contributed by atoms with Gasteiger partial charge >= 0.3 is 0 Å². The Labute approximate surface area is 99.3 Å². The highest BCUT2D eigenvalue weighted by molar-refractivity contribution is 6.30. The van der Waals surface area contributed by atoms with Crippen molar-refractivity contribution in [3.05, 3.63) is 40.7 Å². The summed E-state index contributed by atoms with van der Waals surface area (Å²) in [4.78, 5) is 0. The van der Waals surface area contributed by atoms with Crippen LogP contribution >= 0.6 is 11.6 Å². The second kappa shape index (κ2) is 4.53. The van der Waals surface area contributed by atoms with Crippen LogP contribution in [0.1, 0.15) is 11.1 Å². The summed E-state index contributed by atoms with van der Waals surface area (Å²) in [6.45, 7) is 2.76. The van der Waals surface area contributed by atoms with Crippen molar-refractivity contribution in [2.75, 3.05) is 5.32 Å². The Hall–Kier alpha value is -1.55. The molecule has 2 aromatic rings. The molecular formula is C11H13ClN4. The Kier molecular flexibility index (Phi) is 3.10. The lowest BCUT2D eigenvalue weighted by Gasteiger charge is -2.08. The topological polar surface area (TPSA) is 42.7 Å². The van der Waals surface area contributed by atoms with Crippen molar-refractivity contribution in [1.82, 2.24) is 14.8 Å². The molecule has 1 aromatic heterocycles. The number of nitrogens with zero attached hydrogens (tertiary/aromatic N) is 3. The summed E-state index contributed by atoms with van der Waals surface area (Å²) in [6, 6.07) is 5.86. The maximum absolute atomic E-state index is 5.90. The summed E-state index contributed by atoms with van der Waals surface area (Å²) < 4.78 is 1.84. The molecule has 0 saturated heterocycles. The van der Waals surface area contributed by atoms with Crippen LogP contribution in [0, 0.1) is 6.92 Å². The van der Waals surface area contributed by atoms with Crippen LogP contribution in [0.15, 0.2) is 24.5 Å². The quantitative estimate of drug-likeness (QED) is 0.890. The van der Waals surface area contributed by atoms with Gasteiger partial charge in [0.15, 0.2) is 0 Å². The standard InChI is InChI=1S/C11H13ClN4/c1-8-5-10(12)4-3-9(8)6-13-11-15-14-7-16(11)2/h3-5,7H,6H2,1-2H3,(H,13,15). The van der Waals surface area contributed by atoms with Crippen LogP contribution in [-0.2, 0) is 13.6 Å². The molecule has 16 heavy (non-hydrogen) atoms. The van der Waals surface area contributed by atoms with Gasteiger partial charge in [-0.25, -0.2) is 0 Å². The molecule has 84 valence electrons. The zero-order valence-corrected chi connectivity index (χ0v) is 9.99. The van der Waals surface area contributed by atoms with Gasteiger partial charge in [0.1, 0.15) is 6.33 Å². The van der Waals surface area contributed by atoms with Crippen molar-refractivity contribution in [3.8, 4) is 0 Å². The lowest BCUT2D eigenvalue weighted by atomic mass is 10.1. The fourth-order valence-corrected chi connectivity index (χ4v) is 1.70. The fourth-order valence-electron chi connectivity index (χ4n) is 1.48. The second-order valence-corrected chi connectivity index (χ2v) is 4.13. The molecule has 1 heterocycles. The summed E-state index contributed by atoms with van der Waals surface area (Å²) >= 11 is 5.90.